The van der Waals surface area contributed by atoms with Gasteiger partial charge < -0.3 is 5.11 Å². The van der Waals surface area contributed by atoms with Gasteiger partial charge in [-0.1, -0.05) is 37.3 Å². The van der Waals surface area contributed by atoms with Crippen LogP contribution in [0.1, 0.15) is 24.2 Å². The van der Waals surface area contributed by atoms with Crippen LogP contribution in [0.5, 0.6) is 0 Å². The first-order valence-corrected chi connectivity index (χ1v) is 6.84. The van der Waals surface area contributed by atoms with Crippen molar-refractivity contribution >= 4 is 9.84 Å². The molecule has 0 aliphatic heterocycles. The highest BCUT2D eigenvalue weighted by atomic mass is 32.2. The van der Waals surface area contributed by atoms with E-state index in [1.54, 1.807) is 31.2 Å². The summed E-state index contributed by atoms with van der Waals surface area (Å²) in [4.78, 5) is 0. The first-order chi connectivity index (χ1) is 6.96. The summed E-state index contributed by atoms with van der Waals surface area (Å²) in [5.74, 6) is 0. The number of sulfone groups is 1. The molecule has 0 spiro atoms. The zero-order valence-electron chi connectivity index (χ0n) is 8.92. The molecule has 1 N–H and O–H groups in total. The highest BCUT2D eigenvalue weighted by Gasteiger charge is 2.29. The maximum absolute atomic E-state index is 11.6. The van der Waals surface area contributed by atoms with Gasteiger partial charge in [-0.2, -0.15) is 0 Å². The van der Waals surface area contributed by atoms with E-state index in [1.165, 1.54) is 0 Å². The van der Waals surface area contributed by atoms with E-state index in [1.807, 2.05) is 6.07 Å². The van der Waals surface area contributed by atoms with Crippen molar-refractivity contribution in [3.63, 3.8) is 0 Å². The minimum Gasteiger partial charge on any atom is -0.391 e. The van der Waals surface area contributed by atoms with Crippen LogP contribution in [0.15, 0.2) is 30.3 Å². The van der Waals surface area contributed by atoms with Gasteiger partial charge in [0.2, 0.25) is 0 Å². The average Bonchev–Trinajstić information content (AvgIpc) is 2.17. The Morgan fingerprint density at radius 2 is 1.80 bits per heavy atom. The van der Waals surface area contributed by atoms with Crippen LogP contribution in [0, 0.1) is 0 Å². The third kappa shape index (κ3) is 3.04. The van der Waals surface area contributed by atoms with E-state index < -0.39 is 21.2 Å². The van der Waals surface area contributed by atoms with Gasteiger partial charge in [-0.05, 0) is 12.0 Å². The summed E-state index contributed by atoms with van der Waals surface area (Å²) in [7, 11) is -3.28. The summed E-state index contributed by atoms with van der Waals surface area (Å²) in [6, 6.07) is 8.82. The Kier molecular flexibility index (Phi) is 3.88. The Morgan fingerprint density at radius 3 is 2.20 bits per heavy atom. The standard InChI is InChI=1S/C11H16O3S/c1-3-10(12)11(15(2,13)14)9-7-5-4-6-8-9/h4-8,10-12H,3H2,1-2H3. The highest BCUT2D eigenvalue weighted by Crippen LogP contribution is 2.26. The number of rotatable bonds is 4. The molecule has 0 aliphatic carbocycles. The van der Waals surface area contributed by atoms with Gasteiger partial charge in [-0.15, -0.1) is 0 Å². The molecule has 84 valence electrons. The van der Waals surface area contributed by atoms with Crippen LogP contribution in [0.3, 0.4) is 0 Å². The summed E-state index contributed by atoms with van der Waals surface area (Å²) >= 11 is 0. The van der Waals surface area contributed by atoms with E-state index in [-0.39, 0.29) is 0 Å². The number of hydrogen-bond donors (Lipinski definition) is 1. The predicted octanol–water partition coefficient (Wildman–Crippen LogP) is 1.54. The lowest BCUT2D eigenvalue weighted by atomic mass is 10.1. The van der Waals surface area contributed by atoms with Crippen molar-refractivity contribution in [3.8, 4) is 0 Å². The minimum atomic E-state index is -3.28. The van der Waals surface area contributed by atoms with Crippen LogP contribution < -0.4 is 0 Å². The monoisotopic (exact) mass is 228 g/mol. The molecular weight excluding hydrogens is 212 g/mol. The van der Waals surface area contributed by atoms with Crippen molar-refractivity contribution in [2.75, 3.05) is 6.26 Å². The van der Waals surface area contributed by atoms with Gasteiger partial charge in [0.1, 0.15) is 5.25 Å². The molecule has 1 rings (SSSR count). The van der Waals surface area contributed by atoms with Crippen molar-refractivity contribution in [3.05, 3.63) is 35.9 Å². The average molecular weight is 228 g/mol. The Balaban J connectivity index is 3.14. The van der Waals surface area contributed by atoms with Gasteiger partial charge in [0.05, 0.1) is 6.10 Å². The maximum Gasteiger partial charge on any atom is 0.157 e. The molecule has 0 bridgehead atoms. The second-order valence-corrected chi connectivity index (χ2v) is 5.80. The fourth-order valence-electron chi connectivity index (χ4n) is 1.61. The van der Waals surface area contributed by atoms with Gasteiger partial charge in [-0.3, -0.25) is 0 Å². The first kappa shape index (κ1) is 12.2. The normalized spacial score (nSPS) is 15.9. The topological polar surface area (TPSA) is 54.4 Å². The van der Waals surface area contributed by atoms with Gasteiger partial charge >= 0.3 is 0 Å². The number of aliphatic hydroxyl groups excluding tert-OH is 1. The minimum absolute atomic E-state index is 0.423. The van der Waals surface area contributed by atoms with Crippen LogP contribution >= 0.6 is 0 Å². The maximum atomic E-state index is 11.6. The Hall–Kier alpha value is -0.870. The van der Waals surface area contributed by atoms with E-state index in [9.17, 15) is 13.5 Å². The van der Waals surface area contributed by atoms with E-state index in [4.69, 9.17) is 0 Å². The molecule has 0 saturated carbocycles. The van der Waals surface area contributed by atoms with Gasteiger partial charge in [-0.25, -0.2) is 8.42 Å². The molecule has 15 heavy (non-hydrogen) atoms. The molecule has 2 unspecified atom stereocenters. The largest absolute Gasteiger partial charge is 0.391 e. The second-order valence-electron chi connectivity index (χ2n) is 3.64. The number of benzene rings is 1. The fraction of sp³-hybridized carbons (Fsp3) is 0.455. The van der Waals surface area contributed by atoms with Gasteiger partial charge in [0, 0.05) is 6.26 Å². The molecule has 1 aromatic rings. The van der Waals surface area contributed by atoms with E-state index in [0.29, 0.717) is 12.0 Å². The van der Waals surface area contributed by atoms with E-state index in [2.05, 4.69) is 0 Å². The van der Waals surface area contributed by atoms with Gasteiger partial charge in [0.15, 0.2) is 9.84 Å². The SMILES string of the molecule is CCC(O)C(c1ccccc1)S(C)(=O)=O. The first-order valence-electron chi connectivity index (χ1n) is 4.88. The number of aliphatic hydroxyl groups is 1. The molecule has 0 aliphatic rings. The summed E-state index contributed by atoms with van der Waals surface area (Å²) in [6.45, 7) is 1.77. The Morgan fingerprint density at radius 1 is 1.27 bits per heavy atom. The van der Waals surface area contributed by atoms with Crippen molar-refractivity contribution in [1.82, 2.24) is 0 Å². The number of hydrogen-bond acceptors (Lipinski definition) is 3. The third-order valence-corrected chi connectivity index (χ3v) is 3.87. The summed E-state index contributed by atoms with van der Waals surface area (Å²) < 4.78 is 23.1. The summed E-state index contributed by atoms with van der Waals surface area (Å²) in [5, 5.41) is 8.91. The molecule has 0 aromatic heterocycles. The Labute approximate surface area is 90.7 Å². The van der Waals surface area contributed by atoms with Crippen LogP contribution in [0.2, 0.25) is 0 Å². The smallest absolute Gasteiger partial charge is 0.157 e. The van der Waals surface area contributed by atoms with Crippen molar-refractivity contribution in [2.24, 2.45) is 0 Å². The van der Waals surface area contributed by atoms with Crippen molar-refractivity contribution in [1.29, 1.82) is 0 Å². The second kappa shape index (κ2) is 4.77. The highest BCUT2D eigenvalue weighted by molar-refractivity contribution is 7.91. The lowest BCUT2D eigenvalue weighted by Crippen LogP contribution is -2.25. The zero-order chi connectivity index (χ0) is 11.5. The lowest BCUT2D eigenvalue weighted by Gasteiger charge is -2.20. The molecule has 0 fully saturated rings. The van der Waals surface area contributed by atoms with Crippen LogP contribution in [0.4, 0.5) is 0 Å². The lowest BCUT2D eigenvalue weighted by molar-refractivity contribution is 0.164. The molecule has 4 heteroatoms. The van der Waals surface area contributed by atoms with Crippen LogP contribution in [-0.2, 0) is 9.84 Å². The third-order valence-electron chi connectivity index (χ3n) is 2.36. The zero-order valence-corrected chi connectivity index (χ0v) is 9.74. The molecule has 0 amide bonds. The molecular formula is C11H16O3S. The quantitative estimate of drug-likeness (QED) is 0.850. The molecule has 0 saturated heterocycles. The van der Waals surface area contributed by atoms with E-state index >= 15 is 0 Å². The molecule has 0 radical (unpaired) electrons. The summed E-state index contributed by atoms with van der Waals surface area (Å²) in [5.41, 5.74) is 0.648. The van der Waals surface area contributed by atoms with E-state index in [0.717, 1.165) is 6.26 Å². The van der Waals surface area contributed by atoms with Crippen molar-refractivity contribution in [2.45, 2.75) is 24.7 Å². The molecule has 2 atom stereocenters. The van der Waals surface area contributed by atoms with Crippen LogP contribution in [0.25, 0.3) is 0 Å². The summed E-state index contributed by atoms with van der Waals surface area (Å²) in [6.07, 6.45) is 0.735. The van der Waals surface area contributed by atoms with Crippen molar-refractivity contribution < 1.29 is 13.5 Å². The fourth-order valence-corrected chi connectivity index (χ4v) is 3.03. The Bertz CT molecular complexity index is 397. The molecule has 0 heterocycles. The van der Waals surface area contributed by atoms with Gasteiger partial charge in [0.25, 0.3) is 0 Å². The molecule has 1 aromatic carbocycles. The predicted molar refractivity (Wildman–Crippen MR) is 60.3 cm³/mol. The van der Waals surface area contributed by atoms with Crippen LogP contribution in [-0.4, -0.2) is 25.9 Å². The molecule has 3 nitrogen and oxygen atoms in total.